The molecule has 1 saturated heterocycles. The van der Waals surface area contributed by atoms with Crippen LogP contribution in [0.25, 0.3) is 0 Å². The summed E-state index contributed by atoms with van der Waals surface area (Å²) in [6, 6.07) is 16.7. The molecule has 0 unspecified atom stereocenters. The Morgan fingerprint density at radius 2 is 1.89 bits per heavy atom. The lowest BCUT2D eigenvalue weighted by molar-refractivity contribution is -0.130. The number of hydrogen-bond donors (Lipinski definition) is 1. The summed E-state index contributed by atoms with van der Waals surface area (Å²) in [5.74, 6) is -0.299. The van der Waals surface area contributed by atoms with Gasteiger partial charge in [0.2, 0.25) is 5.91 Å². The third-order valence-corrected chi connectivity index (χ3v) is 5.06. The van der Waals surface area contributed by atoms with Crippen molar-refractivity contribution in [2.24, 2.45) is 5.41 Å². The van der Waals surface area contributed by atoms with Crippen LogP contribution in [0.2, 0.25) is 0 Å². The maximum atomic E-state index is 13.1. The number of benzene rings is 2. The standard InChI is InChI=1S/C22H26N2O3/c1-22(2,3)18(16-10-7-11-17(23)12-16)13-20(25)24-19(14-27-21(24)26)15-8-5-4-6-9-15/h4-12,18-19H,13-14,23H2,1-3H3/t18-,19-/m1/s1. The SMILES string of the molecule is CC(C)(C)[C@H](CC(=O)N1C(=O)OC[C@@H]1c1ccccc1)c1cccc(N)c1. The van der Waals surface area contributed by atoms with Crippen molar-refractivity contribution in [3.05, 3.63) is 65.7 Å². The van der Waals surface area contributed by atoms with E-state index in [1.165, 1.54) is 4.90 Å². The van der Waals surface area contributed by atoms with E-state index in [-0.39, 0.29) is 36.3 Å². The second kappa shape index (κ2) is 7.43. The van der Waals surface area contributed by atoms with Gasteiger partial charge in [0.25, 0.3) is 0 Å². The maximum Gasteiger partial charge on any atom is 0.417 e. The Labute approximate surface area is 160 Å². The molecule has 0 bridgehead atoms. The zero-order valence-corrected chi connectivity index (χ0v) is 16.0. The van der Waals surface area contributed by atoms with Crippen molar-refractivity contribution in [1.82, 2.24) is 4.90 Å². The number of ether oxygens (including phenoxy) is 1. The summed E-state index contributed by atoms with van der Waals surface area (Å²) in [5, 5.41) is 0. The quantitative estimate of drug-likeness (QED) is 0.808. The van der Waals surface area contributed by atoms with Gasteiger partial charge in [-0.25, -0.2) is 9.69 Å². The molecular weight excluding hydrogens is 340 g/mol. The minimum atomic E-state index is -0.575. The number of hydrogen-bond acceptors (Lipinski definition) is 4. The molecular formula is C22H26N2O3. The molecule has 5 heteroatoms. The predicted octanol–water partition coefficient (Wildman–Crippen LogP) is 4.51. The van der Waals surface area contributed by atoms with Gasteiger partial charge in [0.05, 0.1) is 0 Å². The molecule has 5 nitrogen and oxygen atoms in total. The van der Waals surface area contributed by atoms with Crippen LogP contribution in [0.4, 0.5) is 10.5 Å². The highest BCUT2D eigenvalue weighted by Gasteiger charge is 2.40. The van der Waals surface area contributed by atoms with Crippen molar-refractivity contribution >= 4 is 17.7 Å². The molecule has 1 aliphatic rings. The Morgan fingerprint density at radius 3 is 2.52 bits per heavy atom. The number of nitrogen functional groups attached to an aromatic ring is 1. The van der Waals surface area contributed by atoms with Crippen molar-refractivity contribution in [2.45, 2.75) is 39.2 Å². The second-order valence-corrected chi connectivity index (χ2v) is 8.06. The van der Waals surface area contributed by atoms with Crippen LogP contribution in [-0.4, -0.2) is 23.5 Å². The Hall–Kier alpha value is -2.82. The van der Waals surface area contributed by atoms with E-state index in [4.69, 9.17) is 10.5 Å². The first kappa shape index (κ1) is 19.0. The molecule has 0 aromatic heterocycles. The highest BCUT2D eigenvalue weighted by molar-refractivity contribution is 5.94. The van der Waals surface area contributed by atoms with Gasteiger partial charge < -0.3 is 10.5 Å². The molecule has 0 spiro atoms. The number of anilines is 1. The molecule has 1 fully saturated rings. The van der Waals surface area contributed by atoms with E-state index >= 15 is 0 Å². The number of rotatable bonds is 4. The maximum absolute atomic E-state index is 13.1. The van der Waals surface area contributed by atoms with Gasteiger partial charge >= 0.3 is 6.09 Å². The van der Waals surface area contributed by atoms with E-state index in [1.807, 2.05) is 54.6 Å². The molecule has 1 heterocycles. The van der Waals surface area contributed by atoms with Crippen LogP contribution in [0.15, 0.2) is 54.6 Å². The lowest BCUT2D eigenvalue weighted by atomic mass is 9.74. The van der Waals surface area contributed by atoms with Crippen molar-refractivity contribution in [3.63, 3.8) is 0 Å². The van der Waals surface area contributed by atoms with Crippen LogP contribution in [-0.2, 0) is 9.53 Å². The first-order valence-electron chi connectivity index (χ1n) is 9.16. The van der Waals surface area contributed by atoms with Gasteiger partial charge in [-0.3, -0.25) is 4.79 Å². The van der Waals surface area contributed by atoms with Gasteiger partial charge in [-0.2, -0.15) is 0 Å². The first-order chi connectivity index (χ1) is 12.8. The van der Waals surface area contributed by atoms with Crippen molar-refractivity contribution in [1.29, 1.82) is 0 Å². The van der Waals surface area contributed by atoms with Crippen molar-refractivity contribution < 1.29 is 14.3 Å². The highest BCUT2D eigenvalue weighted by atomic mass is 16.6. The van der Waals surface area contributed by atoms with Gasteiger partial charge in [-0.1, -0.05) is 63.2 Å². The largest absolute Gasteiger partial charge is 0.446 e. The molecule has 27 heavy (non-hydrogen) atoms. The molecule has 2 aromatic carbocycles. The molecule has 3 rings (SSSR count). The van der Waals surface area contributed by atoms with Crippen molar-refractivity contribution in [3.8, 4) is 0 Å². The predicted molar refractivity (Wildman–Crippen MR) is 105 cm³/mol. The molecule has 142 valence electrons. The van der Waals surface area contributed by atoms with Crippen LogP contribution in [0, 0.1) is 5.41 Å². The average Bonchev–Trinajstić information content (AvgIpc) is 3.01. The van der Waals surface area contributed by atoms with E-state index < -0.39 is 6.09 Å². The Morgan fingerprint density at radius 1 is 1.19 bits per heavy atom. The van der Waals surface area contributed by atoms with Crippen LogP contribution in [0.5, 0.6) is 0 Å². The summed E-state index contributed by atoms with van der Waals surface area (Å²) in [5.41, 5.74) is 8.33. The van der Waals surface area contributed by atoms with Gasteiger partial charge in [0.15, 0.2) is 0 Å². The number of cyclic esters (lactones) is 1. The molecule has 1 aliphatic heterocycles. The molecule has 2 N–H and O–H groups in total. The molecule has 2 amide bonds. The third kappa shape index (κ3) is 4.13. The highest BCUT2D eigenvalue weighted by Crippen LogP contribution is 2.40. The third-order valence-electron chi connectivity index (χ3n) is 5.06. The number of nitrogens with zero attached hydrogens (tertiary/aromatic N) is 1. The second-order valence-electron chi connectivity index (χ2n) is 8.06. The molecule has 0 aliphatic carbocycles. The number of carbonyl (C=O) groups is 2. The van der Waals surface area contributed by atoms with E-state index in [0.29, 0.717) is 5.69 Å². The number of nitrogens with two attached hydrogens (primary N) is 1. The normalized spacial score (nSPS) is 18.3. The summed E-state index contributed by atoms with van der Waals surface area (Å²) in [7, 11) is 0. The van der Waals surface area contributed by atoms with Crippen LogP contribution in [0.3, 0.4) is 0 Å². The summed E-state index contributed by atoms with van der Waals surface area (Å²) in [4.78, 5) is 26.7. The molecule has 2 atom stereocenters. The topological polar surface area (TPSA) is 72.6 Å². The number of carbonyl (C=O) groups excluding carboxylic acids is 2. The van der Waals surface area contributed by atoms with Crippen LogP contribution < -0.4 is 5.73 Å². The lowest BCUT2D eigenvalue weighted by Crippen LogP contribution is -2.36. The van der Waals surface area contributed by atoms with E-state index in [9.17, 15) is 9.59 Å². The van der Waals surface area contributed by atoms with Gasteiger partial charge in [0, 0.05) is 12.1 Å². The minimum Gasteiger partial charge on any atom is -0.446 e. The van der Waals surface area contributed by atoms with Gasteiger partial charge in [0.1, 0.15) is 12.6 Å². The van der Waals surface area contributed by atoms with Gasteiger partial charge in [-0.05, 0) is 34.6 Å². The zero-order chi connectivity index (χ0) is 19.6. The molecule has 0 radical (unpaired) electrons. The van der Waals surface area contributed by atoms with E-state index in [1.54, 1.807) is 0 Å². The number of amides is 2. The monoisotopic (exact) mass is 366 g/mol. The smallest absolute Gasteiger partial charge is 0.417 e. The number of imide groups is 1. The Bertz CT molecular complexity index is 827. The first-order valence-corrected chi connectivity index (χ1v) is 9.16. The summed E-state index contributed by atoms with van der Waals surface area (Å²) >= 11 is 0. The Kier molecular flexibility index (Phi) is 5.22. The fourth-order valence-electron chi connectivity index (χ4n) is 3.59. The molecule has 0 saturated carbocycles. The zero-order valence-electron chi connectivity index (χ0n) is 16.0. The Balaban J connectivity index is 1.87. The van der Waals surface area contributed by atoms with E-state index in [2.05, 4.69) is 20.8 Å². The van der Waals surface area contributed by atoms with E-state index in [0.717, 1.165) is 11.1 Å². The fraction of sp³-hybridized carbons (Fsp3) is 0.364. The van der Waals surface area contributed by atoms with Crippen LogP contribution in [0.1, 0.15) is 50.3 Å². The fourth-order valence-corrected chi connectivity index (χ4v) is 3.59. The van der Waals surface area contributed by atoms with Crippen molar-refractivity contribution in [2.75, 3.05) is 12.3 Å². The lowest BCUT2D eigenvalue weighted by Gasteiger charge is -2.32. The summed E-state index contributed by atoms with van der Waals surface area (Å²) in [6.45, 7) is 6.45. The van der Waals surface area contributed by atoms with Crippen LogP contribution >= 0.6 is 0 Å². The van der Waals surface area contributed by atoms with Gasteiger partial charge in [-0.15, -0.1) is 0 Å². The molecule has 2 aromatic rings. The summed E-state index contributed by atoms with van der Waals surface area (Å²) < 4.78 is 5.19. The minimum absolute atomic E-state index is 0.0710. The average molecular weight is 366 g/mol. The summed E-state index contributed by atoms with van der Waals surface area (Å²) in [6.07, 6.45) is -0.361.